The molecule has 0 N–H and O–H groups in total. The number of halogens is 1. The number of benzene rings is 6. The molecule has 0 spiro atoms. The zero-order valence-electron chi connectivity index (χ0n) is 31.4. The van der Waals surface area contributed by atoms with E-state index in [1.54, 1.807) is 13.3 Å². The van der Waals surface area contributed by atoms with Crippen molar-refractivity contribution in [3.8, 4) is 17.1 Å². The second-order valence-electron chi connectivity index (χ2n) is 13.5. The maximum absolute atomic E-state index is 5.20. The van der Waals surface area contributed by atoms with E-state index < -0.39 is 11.1 Å². The summed E-state index contributed by atoms with van der Waals surface area (Å²) in [5.41, 5.74) is 7.87. The number of pyridine rings is 1. The lowest BCUT2D eigenvalue weighted by molar-refractivity contribution is 0.398. The van der Waals surface area contributed by atoms with E-state index in [1.165, 1.54) is 16.7 Å². The number of rotatable bonds is 10. The maximum Gasteiger partial charge on any atom is 0.212 e. The molecule has 0 aliphatic heterocycles. The van der Waals surface area contributed by atoms with Crippen LogP contribution in [0, 0.1) is 3.70 Å². The Hall–Kier alpha value is -6.58. The van der Waals surface area contributed by atoms with Crippen molar-refractivity contribution in [2.75, 3.05) is 7.11 Å². The average molecular weight is 854 g/mol. The molecule has 3 heterocycles. The number of hydrogen-bond donors (Lipinski definition) is 0. The van der Waals surface area contributed by atoms with Gasteiger partial charge >= 0.3 is 0 Å². The molecule has 0 bridgehead atoms. The lowest BCUT2D eigenvalue weighted by atomic mass is 9.77. The molecule has 0 fully saturated rings. The summed E-state index contributed by atoms with van der Waals surface area (Å²) >= 11 is 2.27. The third kappa shape index (κ3) is 7.30. The summed E-state index contributed by atoms with van der Waals surface area (Å²) < 4.78 is 10.6. The summed E-state index contributed by atoms with van der Waals surface area (Å²) in [5.74, 6) is 0.584. The Morgan fingerprint density at radius 3 is 1.07 bits per heavy atom. The standard InChI is InChI=1S/C28H23N3O.C22H17IN2/c1-32-27-18-17-22(19-29-27)26-20-31(21-30-26)28(23-11-5-2-6-12-23,24-13-7-3-8-14-24)25-15-9-4-10-16-25;23-21-16-25(17-24-21)22(18-10-4-1-5-11-18,19-12-6-2-7-13-19)20-14-8-3-9-15-20/h2-21H,1H3;1-17H. The SMILES string of the molecule is COc1ccc(-c2cn(C(c3ccccc3)(c3ccccc3)c3ccccc3)cn2)cn1.Ic1cn(C(c2ccccc2)(c2ccccc2)c2ccccc2)cn1. The summed E-state index contributed by atoms with van der Waals surface area (Å²) in [4.78, 5) is 13.6. The van der Waals surface area contributed by atoms with Crippen LogP contribution in [0.1, 0.15) is 33.4 Å². The first kappa shape index (κ1) is 37.3. The largest absolute Gasteiger partial charge is 0.481 e. The van der Waals surface area contributed by atoms with Crippen molar-refractivity contribution < 1.29 is 4.74 Å². The molecule has 0 aliphatic rings. The van der Waals surface area contributed by atoms with E-state index in [2.05, 4.69) is 218 Å². The molecule has 7 heteroatoms. The van der Waals surface area contributed by atoms with Crippen molar-refractivity contribution in [3.05, 3.63) is 262 Å². The van der Waals surface area contributed by atoms with E-state index in [-0.39, 0.29) is 0 Å². The third-order valence-electron chi connectivity index (χ3n) is 10.3. The minimum Gasteiger partial charge on any atom is -0.481 e. The highest BCUT2D eigenvalue weighted by Crippen LogP contribution is 2.42. The van der Waals surface area contributed by atoms with Crippen molar-refractivity contribution >= 4 is 22.6 Å². The second-order valence-corrected chi connectivity index (χ2v) is 14.6. The molecular weight excluding hydrogens is 813 g/mol. The van der Waals surface area contributed by atoms with Crippen molar-refractivity contribution in [2.45, 2.75) is 11.1 Å². The van der Waals surface area contributed by atoms with Crippen LogP contribution in [0.15, 0.2) is 225 Å². The quantitative estimate of drug-likeness (QED) is 0.102. The van der Waals surface area contributed by atoms with Crippen LogP contribution in [0.2, 0.25) is 0 Å². The van der Waals surface area contributed by atoms with Crippen molar-refractivity contribution in [1.82, 2.24) is 24.1 Å². The van der Waals surface area contributed by atoms with Gasteiger partial charge in [0.1, 0.15) is 14.8 Å². The highest BCUT2D eigenvalue weighted by atomic mass is 127. The first-order chi connectivity index (χ1) is 28.1. The van der Waals surface area contributed by atoms with Gasteiger partial charge in [-0.15, -0.1) is 0 Å². The average Bonchev–Trinajstić information content (AvgIpc) is 3.97. The Bertz CT molecular complexity index is 2400. The van der Waals surface area contributed by atoms with Crippen molar-refractivity contribution in [1.29, 1.82) is 0 Å². The molecule has 6 aromatic carbocycles. The number of methoxy groups -OCH3 is 1. The lowest BCUT2D eigenvalue weighted by Crippen LogP contribution is -2.36. The van der Waals surface area contributed by atoms with Gasteiger partial charge in [-0.05, 0) is 62.0 Å². The smallest absolute Gasteiger partial charge is 0.212 e. The van der Waals surface area contributed by atoms with Gasteiger partial charge in [0.25, 0.3) is 0 Å². The van der Waals surface area contributed by atoms with Gasteiger partial charge in [-0.2, -0.15) is 0 Å². The van der Waals surface area contributed by atoms with Crippen LogP contribution in [0.3, 0.4) is 0 Å². The molecule has 9 rings (SSSR count). The number of imidazole rings is 2. The lowest BCUT2D eigenvalue weighted by Gasteiger charge is -2.37. The van der Waals surface area contributed by atoms with Gasteiger partial charge < -0.3 is 13.9 Å². The van der Waals surface area contributed by atoms with Crippen LogP contribution in [-0.2, 0) is 11.1 Å². The maximum atomic E-state index is 5.20. The number of ether oxygens (including phenoxy) is 1. The van der Waals surface area contributed by atoms with Gasteiger partial charge in [0.2, 0.25) is 5.88 Å². The molecule has 6 nitrogen and oxygen atoms in total. The Labute approximate surface area is 347 Å². The molecule has 0 saturated heterocycles. The van der Waals surface area contributed by atoms with Crippen LogP contribution in [0.25, 0.3) is 11.3 Å². The van der Waals surface area contributed by atoms with E-state index in [0.717, 1.165) is 31.6 Å². The van der Waals surface area contributed by atoms with Crippen LogP contribution in [0.4, 0.5) is 0 Å². The van der Waals surface area contributed by atoms with Gasteiger partial charge in [0.05, 0.1) is 25.5 Å². The fraction of sp³-hybridized carbons (Fsp3) is 0.0600. The minimum atomic E-state index is -0.574. The van der Waals surface area contributed by atoms with E-state index in [9.17, 15) is 0 Å². The topological polar surface area (TPSA) is 57.8 Å². The van der Waals surface area contributed by atoms with Gasteiger partial charge in [-0.3, -0.25) is 0 Å². The molecule has 278 valence electrons. The number of aromatic nitrogens is 5. The predicted octanol–water partition coefficient (Wildman–Crippen LogP) is 11.1. The van der Waals surface area contributed by atoms with Gasteiger partial charge in [0, 0.05) is 30.2 Å². The van der Waals surface area contributed by atoms with Gasteiger partial charge in [-0.25, -0.2) is 15.0 Å². The number of hydrogen-bond acceptors (Lipinski definition) is 4. The Kier molecular flexibility index (Phi) is 11.2. The van der Waals surface area contributed by atoms with Crippen molar-refractivity contribution in [3.63, 3.8) is 0 Å². The number of nitrogens with zero attached hydrogens (tertiary/aromatic N) is 5. The summed E-state index contributed by atoms with van der Waals surface area (Å²) in [6.07, 6.45) is 9.83. The molecule has 0 amide bonds. The third-order valence-corrected chi connectivity index (χ3v) is 10.9. The van der Waals surface area contributed by atoms with Crippen LogP contribution >= 0.6 is 22.6 Å². The highest BCUT2D eigenvalue weighted by molar-refractivity contribution is 14.1. The van der Waals surface area contributed by atoms with Crippen LogP contribution in [0.5, 0.6) is 5.88 Å². The van der Waals surface area contributed by atoms with Gasteiger partial charge in [-0.1, -0.05) is 182 Å². The second kappa shape index (κ2) is 17.1. The Balaban J connectivity index is 0.000000165. The molecule has 3 aromatic heterocycles. The van der Waals surface area contributed by atoms with E-state index >= 15 is 0 Å². The van der Waals surface area contributed by atoms with E-state index in [4.69, 9.17) is 9.72 Å². The molecule has 0 radical (unpaired) electrons. The molecule has 0 saturated carbocycles. The fourth-order valence-corrected chi connectivity index (χ4v) is 8.19. The van der Waals surface area contributed by atoms with Crippen LogP contribution in [-0.4, -0.2) is 31.2 Å². The van der Waals surface area contributed by atoms with Crippen molar-refractivity contribution in [2.24, 2.45) is 0 Å². The molecule has 9 aromatic rings. The first-order valence-electron chi connectivity index (χ1n) is 18.7. The summed E-state index contributed by atoms with van der Waals surface area (Å²) in [7, 11) is 1.62. The van der Waals surface area contributed by atoms with Crippen LogP contribution < -0.4 is 4.74 Å². The predicted molar refractivity (Wildman–Crippen MR) is 236 cm³/mol. The first-order valence-corrected chi connectivity index (χ1v) is 19.8. The van der Waals surface area contributed by atoms with E-state index in [1.807, 2.05) is 43.0 Å². The zero-order valence-corrected chi connectivity index (χ0v) is 33.5. The molecular formula is C50H40IN5O. The molecule has 57 heavy (non-hydrogen) atoms. The Morgan fingerprint density at radius 1 is 0.421 bits per heavy atom. The highest BCUT2D eigenvalue weighted by Gasteiger charge is 2.39. The normalized spacial score (nSPS) is 11.3. The zero-order chi connectivity index (χ0) is 38.9. The Morgan fingerprint density at radius 2 is 0.772 bits per heavy atom. The molecule has 0 unspecified atom stereocenters. The fourth-order valence-electron chi connectivity index (χ4n) is 7.76. The summed E-state index contributed by atoms with van der Waals surface area (Å²) in [6.45, 7) is 0. The molecule has 0 atom stereocenters. The van der Waals surface area contributed by atoms with E-state index in [0.29, 0.717) is 5.88 Å². The molecule has 0 aliphatic carbocycles. The van der Waals surface area contributed by atoms with Gasteiger partial charge in [0.15, 0.2) is 0 Å². The minimum absolute atomic E-state index is 0.458. The monoisotopic (exact) mass is 853 g/mol. The summed E-state index contributed by atoms with van der Waals surface area (Å²) in [6, 6.07) is 67.4. The summed E-state index contributed by atoms with van der Waals surface area (Å²) in [5, 5.41) is 0.